The average molecular weight is 467 g/mol. The molecule has 3 heterocycles. The van der Waals surface area contributed by atoms with E-state index < -0.39 is 5.41 Å². The lowest BCUT2D eigenvalue weighted by molar-refractivity contribution is -0.117. The number of para-hydroxylation sites is 1. The molecule has 0 radical (unpaired) electrons. The Morgan fingerprint density at radius 2 is 1.94 bits per heavy atom. The van der Waals surface area contributed by atoms with Gasteiger partial charge in [0.1, 0.15) is 11.6 Å². The monoisotopic (exact) mass is 466 g/mol. The van der Waals surface area contributed by atoms with Crippen molar-refractivity contribution in [2.45, 2.75) is 38.5 Å². The summed E-state index contributed by atoms with van der Waals surface area (Å²) in [7, 11) is 0. The van der Waals surface area contributed by atoms with Gasteiger partial charge in [-0.15, -0.1) is 0 Å². The molecule has 180 valence electrons. The van der Waals surface area contributed by atoms with Crippen LogP contribution in [0.25, 0.3) is 11.0 Å². The van der Waals surface area contributed by atoms with Crippen molar-refractivity contribution in [3.63, 3.8) is 0 Å². The van der Waals surface area contributed by atoms with Crippen LogP contribution in [-0.2, 0) is 10.2 Å². The third-order valence-electron chi connectivity index (χ3n) is 6.82. The first-order valence-electron chi connectivity index (χ1n) is 12.0. The summed E-state index contributed by atoms with van der Waals surface area (Å²) in [6, 6.07) is 10.8. The van der Waals surface area contributed by atoms with Gasteiger partial charge in [0, 0.05) is 44.1 Å². The fraction of sp³-hybridized carbons (Fsp3) is 0.462. The van der Waals surface area contributed by atoms with Gasteiger partial charge in [-0.05, 0) is 43.1 Å². The van der Waals surface area contributed by atoms with Crippen molar-refractivity contribution in [2.75, 3.05) is 49.5 Å². The molecule has 0 saturated carbocycles. The highest BCUT2D eigenvalue weighted by molar-refractivity contribution is 5.97. The van der Waals surface area contributed by atoms with E-state index in [1.165, 1.54) is 12.1 Å². The molecule has 2 aromatic carbocycles. The van der Waals surface area contributed by atoms with Crippen LogP contribution in [0.5, 0.6) is 5.75 Å². The summed E-state index contributed by atoms with van der Waals surface area (Å²) >= 11 is 0. The summed E-state index contributed by atoms with van der Waals surface area (Å²) in [4.78, 5) is 16.9. The third kappa shape index (κ3) is 4.59. The van der Waals surface area contributed by atoms with Crippen LogP contribution in [0.15, 0.2) is 40.9 Å². The lowest BCUT2D eigenvalue weighted by atomic mass is 9.78. The highest BCUT2D eigenvalue weighted by Crippen LogP contribution is 2.42. The van der Waals surface area contributed by atoms with E-state index in [9.17, 15) is 9.18 Å². The Kier molecular flexibility index (Phi) is 6.16. The molecule has 8 heteroatoms. The van der Waals surface area contributed by atoms with Gasteiger partial charge < -0.3 is 19.5 Å². The largest absolute Gasteiger partial charge is 0.491 e. The van der Waals surface area contributed by atoms with Crippen molar-refractivity contribution in [1.82, 2.24) is 10.1 Å². The van der Waals surface area contributed by atoms with E-state index >= 15 is 0 Å². The number of unbranched alkanes of at least 4 members (excludes halogenated alkanes) is 1. The van der Waals surface area contributed by atoms with Crippen molar-refractivity contribution in [2.24, 2.45) is 0 Å². The third-order valence-corrected chi connectivity index (χ3v) is 6.82. The van der Waals surface area contributed by atoms with Crippen LogP contribution in [-0.4, -0.2) is 55.3 Å². The zero-order valence-corrected chi connectivity index (χ0v) is 19.8. The minimum Gasteiger partial charge on any atom is -0.491 e. The molecule has 2 aliphatic heterocycles. The van der Waals surface area contributed by atoms with Crippen molar-refractivity contribution in [3.05, 3.63) is 47.8 Å². The predicted molar refractivity (Wildman–Crippen MR) is 130 cm³/mol. The SMILES string of the molecule is CC1(C)CC(=O)Nc2c(OCCCCN3CCN(c4noc5ccccc45)CC3)cc(F)cc21. The van der Waals surface area contributed by atoms with Gasteiger partial charge in [-0.1, -0.05) is 31.1 Å². The van der Waals surface area contributed by atoms with Gasteiger partial charge in [-0.25, -0.2) is 4.39 Å². The summed E-state index contributed by atoms with van der Waals surface area (Å²) in [6.45, 7) is 9.16. The molecular weight excluding hydrogens is 435 g/mol. The molecule has 1 saturated heterocycles. The lowest BCUT2D eigenvalue weighted by Crippen LogP contribution is -2.46. The zero-order chi connectivity index (χ0) is 23.7. The highest BCUT2D eigenvalue weighted by Gasteiger charge is 2.34. The Labute approximate surface area is 198 Å². The van der Waals surface area contributed by atoms with Gasteiger partial charge in [0.05, 0.1) is 17.7 Å². The first-order chi connectivity index (χ1) is 16.4. The summed E-state index contributed by atoms with van der Waals surface area (Å²) < 4.78 is 25.6. The van der Waals surface area contributed by atoms with E-state index in [1.807, 2.05) is 32.0 Å². The van der Waals surface area contributed by atoms with Gasteiger partial charge in [-0.3, -0.25) is 9.69 Å². The van der Waals surface area contributed by atoms with E-state index in [0.717, 1.165) is 67.9 Å². The van der Waals surface area contributed by atoms with Gasteiger partial charge in [0.2, 0.25) is 5.91 Å². The lowest BCUT2D eigenvalue weighted by Gasteiger charge is -2.34. The number of nitrogens with one attached hydrogen (secondary N) is 1. The number of ether oxygens (including phenoxy) is 1. The summed E-state index contributed by atoms with van der Waals surface area (Å²) in [6.07, 6.45) is 2.18. The van der Waals surface area contributed by atoms with Crippen LogP contribution in [0.1, 0.15) is 38.7 Å². The molecule has 1 fully saturated rings. The summed E-state index contributed by atoms with van der Waals surface area (Å²) in [5.41, 5.74) is 1.81. The zero-order valence-electron chi connectivity index (χ0n) is 19.8. The average Bonchev–Trinajstić information content (AvgIpc) is 3.24. The predicted octanol–water partition coefficient (Wildman–Crippen LogP) is 4.57. The van der Waals surface area contributed by atoms with Crippen LogP contribution >= 0.6 is 0 Å². The quantitative estimate of drug-likeness (QED) is 0.515. The Morgan fingerprint density at radius 1 is 1.15 bits per heavy atom. The number of hydrogen-bond acceptors (Lipinski definition) is 6. The molecule has 1 N–H and O–H groups in total. The second-order valence-electron chi connectivity index (χ2n) is 9.82. The molecule has 1 amide bonds. The van der Waals surface area contributed by atoms with E-state index in [-0.39, 0.29) is 11.7 Å². The number of benzene rings is 2. The number of piperazine rings is 1. The molecule has 7 nitrogen and oxygen atoms in total. The van der Waals surface area contributed by atoms with Crippen LogP contribution in [0.4, 0.5) is 15.9 Å². The van der Waals surface area contributed by atoms with Crippen LogP contribution in [0.2, 0.25) is 0 Å². The number of nitrogens with zero attached hydrogens (tertiary/aromatic N) is 3. The standard InChI is InChI=1S/C26H31FN4O3/c1-26(2)17-23(32)28-24-20(26)15-18(27)16-22(24)33-14-6-5-9-30-10-12-31(13-11-30)25-19-7-3-4-8-21(19)34-29-25/h3-4,7-8,15-16H,5-6,9-14,17H2,1-2H3,(H,28,32). The fourth-order valence-electron chi connectivity index (χ4n) is 4.94. The minimum absolute atomic E-state index is 0.0632. The molecule has 3 aromatic rings. The Hall–Kier alpha value is -3.13. The van der Waals surface area contributed by atoms with Crippen molar-refractivity contribution < 1.29 is 18.4 Å². The fourth-order valence-corrected chi connectivity index (χ4v) is 4.94. The Morgan fingerprint density at radius 3 is 2.76 bits per heavy atom. The summed E-state index contributed by atoms with van der Waals surface area (Å²) in [5, 5.41) is 8.21. The number of anilines is 2. The molecular formula is C26H31FN4O3. The van der Waals surface area contributed by atoms with Crippen molar-refractivity contribution >= 4 is 28.4 Å². The molecule has 1 aromatic heterocycles. The number of rotatable bonds is 7. The molecule has 0 aliphatic carbocycles. The Bertz CT molecular complexity index is 1180. The number of carbonyl (C=O) groups is 1. The molecule has 5 rings (SSSR count). The Balaban J connectivity index is 1.09. The molecule has 34 heavy (non-hydrogen) atoms. The number of halogens is 1. The summed E-state index contributed by atoms with van der Waals surface area (Å²) in [5.74, 6) is 0.948. The van der Waals surface area contributed by atoms with Crippen LogP contribution < -0.4 is 15.0 Å². The van der Waals surface area contributed by atoms with Crippen LogP contribution in [0.3, 0.4) is 0 Å². The van der Waals surface area contributed by atoms with Gasteiger partial charge >= 0.3 is 0 Å². The second kappa shape index (κ2) is 9.25. The van der Waals surface area contributed by atoms with Gasteiger partial charge in [0.25, 0.3) is 0 Å². The van der Waals surface area contributed by atoms with E-state index in [1.54, 1.807) is 0 Å². The van der Waals surface area contributed by atoms with Crippen molar-refractivity contribution in [1.29, 1.82) is 0 Å². The van der Waals surface area contributed by atoms with E-state index in [4.69, 9.17) is 9.26 Å². The molecule has 0 atom stereocenters. The number of aromatic nitrogens is 1. The normalized spacial score (nSPS) is 18.1. The maximum atomic E-state index is 14.2. The first-order valence-corrected chi connectivity index (χ1v) is 12.0. The van der Waals surface area contributed by atoms with Crippen LogP contribution in [0, 0.1) is 5.82 Å². The molecule has 0 bridgehead atoms. The van der Waals surface area contributed by atoms with E-state index in [2.05, 4.69) is 26.3 Å². The van der Waals surface area contributed by atoms with Gasteiger partial charge in [0.15, 0.2) is 11.4 Å². The second-order valence-corrected chi connectivity index (χ2v) is 9.82. The van der Waals surface area contributed by atoms with Crippen molar-refractivity contribution in [3.8, 4) is 5.75 Å². The number of carbonyl (C=O) groups excluding carboxylic acids is 1. The maximum Gasteiger partial charge on any atom is 0.225 e. The minimum atomic E-state index is -0.418. The topological polar surface area (TPSA) is 70.8 Å². The maximum absolute atomic E-state index is 14.2. The molecule has 0 spiro atoms. The smallest absolute Gasteiger partial charge is 0.225 e. The molecule has 0 unspecified atom stereocenters. The highest BCUT2D eigenvalue weighted by atomic mass is 19.1. The number of amides is 1. The molecule has 2 aliphatic rings. The van der Waals surface area contributed by atoms with Gasteiger partial charge in [-0.2, -0.15) is 0 Å². The number of hydrogen-bond donors (Lipinski definition) is 1. The number of fused-ring (bicyclic) bond motifs is 2. The van der Waals surface area contributed by atoms with E-state index in [0.29, 0.717) is 24.5 Å². The first kappa shape index (κ1) is 22.7.